The van der Waals surface area contributed by atoms with E-state index >= 15 is 0 Å². The Morgan fingerprint density at radius 3 is 2.79 bits per heavy atom. The number of carbonyl (C=O) groups excluding carboxylic acids is 1. The van der Waals surface area contributed by atoms with Crippen LogP contribution in [0.4, 0.5) is 5.69 Å². The van der Waals surface area contributed by atoms with E-state index in [4.69, 9.17) is 21.4 Å². The molecule has 5 nitrogen and oxygen atoms in total. The largest absolute Gasteiger partial charge is 0.495 e. The molecule has 0 bridgehead atoms. The zero-order chi connectivity index (χ0) is 17.1. The Morgan fingerprint density at radius 1 is 1.29 bits per heavy atom. The molecule has 3 rings (SSSR count). The van der Waals surface area contributed by atoms with Gasteiger partial charge in [-0.3, -0.25) is 4.79 Å². The molecule has 0 aliphatic carbocycles. The van der Waals surface area contributed by atoms with Crippen molar-refractivity contribution in [3.05, 3.63) is 65.8 Å². The predicted molar refractivity (Wildman–Crippen MR) is 96.7 cm³/mol. The summed E-state index contributed by atoms with van der Waals surface area (Å²) in [4.78, 5) is 14.2. The zero-order valence-electron chi connectivity index (χ0n) is 13.3. The zero-order valence-corrected chi connectivity index (χ0v) is 14.1. The van der Waals surface area contributed by atoms with E-state index in [0.717, 1.165) is 11.3 Å². The summed E-state index contributed by atoms with van der Waals surface area (Å²) in [7, 11) is 1.56. The normalized spacial score (nSPS) is 16.7. The van der Waals surface area contributed by atoms with E-state index in [0.29, 0.717) is 22.2 Å². The van der Waals surface area contributed by atoms with Crippen LogP contribution in [0.15, 0.2) is 64.4 Å². The minimum absolute atomic E-state index is 0.225. The number of amides is 1. The number of nitrogens with zero attached hydrogens (tertiary/aromatic N) is 1. The van der Waals surface area contributed by atoms with Gasteiger partial charge in [-0.1, -0.05) is 12.1 Å². The molecule has 1 aromatic carbocycles. The van der Waals surface area contributed by atoms with Crippen LogP contribution in [0.2, 0.25) is 0 Å². The fourth-order valence-electron chi connectivity index (χ4n) is 2.44. The van der Waals surface area contributed by atoms with Crippen molar-refractivity contribution in [2.75, 3.05) is 12.0 Å². The van der Waals surface area contributed by atoms with E-state index < -0.39 is 0 Å². The Bertz CT molecular complexity index is 838. The maximum Gasteiger partial charge on any atom is 0.281 e. The first kappa shape index (κ1) is 16.0. The number of carbonyl (C=O) groups is 1. The maximum absolute atomic E-state index is 12.7. The summed E-state index contributed by atoms with van der Waals surface area (Å²) >= 11 is 5.31. The Kier molecular flexibility index (Phi) is 4.48. The van der Waals surface area contributed by atoms with E-state index in [9.17, 15) is 4.79 Å². The number of hydrogen-bond acceptors (Lipinski definition) is 4. The number of furan rings is 1. The molecule has 1 amide bonds. The van der Waals surface area contributed by atoms with Crippen molar-refractivity contribution in [1.82, 2.24) is 5.32 Å². The van der Waals surface area contributed by atoms with Crippen LogP contribution < -0.4 is 15.0 Å². The highest BCUT2D eigenvalue weighted by Crippen LogP contribution is 2.31. The number of anilines is 1. The lowest BCUT2D eigenvalue weighted by Gasteiger charge is -2.17. The molecule has 2 heterocycles. The Morgan fingerprint density at radius 2 is 2.08 bits per heavy atom. The smallest absolute Gasteiger partial charge is 0.281 e. The summed E-state index contributed by atoms with van der Waals surface area (Å²) in [6.07, 6.45) is 5.19. The molecule has 122 valence electrons. The van der Waals surface area contributed by atoms with Crippen molar-refractivity contribution in [2.45, 2.75) is 6.92 Å². The summed E-state index contributed by atoms with van der Waals surface area (Å²) in [6, 6.07) is 10.9. The lowest BCUT2D eigenvalue weighted by molar-refractivity contribution is -0.113. The summed E-state index contributed by atoms with van der Waals surface area (Å²) in [5, 5.41) is 3.28. The molecule has 0 unspecified atom stereocenters. The van der Waals surface area contributed by atoms with Crippen molar-refractivity contribution in [2.24, 2.45) is 0 Å². The van der Waals surface area contributed by atoms with Crippen LogP contribution in [0.25, 0.3) is 6.08 Å². The van der Waals surface area contributed by atoms with Gasteiger partial charge in [-0.15, -0.1) is 0 Å². The molecular weight excluding hydrogens is 324 g/mol. The molecule has 1 aromatic heterocycles. The van der Waals surface area contributed by atoms with Crippen LogP contribution in [-0.4, -0.2) is 18.1 Å². The highest BCUT2D eigenvalue weighted by Gasteiger charge is 2.33. The third-order valence-corrected chi connectivity index (χ3v) is 3.77. The van der Waals surface area contributed by atoms with Crippen LogP contribution in [0.5, 0.6) is 5.75 Å². The van der Waals surface area contributed by atoms with Gasteiger partial charge in [-0.25, -0.2) is 4.90 Å². The first-order valence-corrected chi connectivity index (χ1v) is 7.73. The molecule has 24 heavy (non-hydrogen) atoms. The van der Waals surface area contributed by atoms with Gasteiger partial charge in [0.05, 0.1) is 19.1 Å². The molecular formula is C18H16N2O3S. The molecule has 1 saturated heterocycles. The number of rotatable bonds is 4. The fraction of sp³-hybridized carbons (Fsp3) is 0.111. The van der Waals surface area contributed by atoms with Crippen molar-refractivity contribution >= 4 is 35.0 Å². The number of nitrogens with one attached hydrogen (secondary N) is 1. The van der Waals surface area contributed by atoms with Gasteiger partial charge in [0.2, 0.25) is 0 Å². The van der Waals surface area contributed by atoms with Crippen molar-refractivity contribution in [3.8, 4) is 5.75 Å². The highest BCUT2D eigenvalue weighted by molar-refractivity contribution is 7.80. The van der Waals surface area contributed by atoms with E-state index in [1.165, 1.54) is 4.90 Å². The lowest BCUT2D eigenvalue weighted by Crippen LogP contribution is -2.30. The summed E-state index contributed by atoms with van der Waals surface area (Å²) in [6.45, 7) is 1.89. The molecule has 0 spiro atoms. The lowest BCUT2D eigenvalue weighted by atomic mass is 10.2. The number of benzene rings is 1. The summed E-state index contributed by atoms with van der Waals surface area (Å²) < 4.78 is 10.6. The summed E-state index contributed by atoms with van der Waals surface area (Å²) in [5.41, 5.74) is 1.88. The molecule has 0 atom stereocenters. The molecule has 2 aromatic rings. The number of thiocarbonyl (C=S) groups is 1. The molecule has 1 N–H and O–H groups in total. The summed E-state index contributed by atoms with van der Waals surface area (Å²) in [5.74, 6) is 1.08. The molecule has 0 radical (unpaired) electrons. The van der Waals surface area contributed by atoms with Gasteiger partial charge in [-0.05, 0) is 61.1 Å². The molecule has 1 aliphatic heterocycles. The van der Waals surface area contributed by atoms with Crippen molar-refractivity contribution in [3.63, 3.8) is 0 Å². The topological polar surface area (TPSA) is 54.7 Å². The second-order valence-electron chi connectivity index (χ2n) is 5.20. The molecule has 0 saturated carbocycles. The number of allylic oxidation sites excluding steroid dienone is 2. The SMILES string of the molecule is COc1ccccc1N1C(=O)/C(=C\C(C)=C\c2ccco2)NC1=S. The number of methoxy groups -OCH3 is 1. The van der Waals surface area contributed by atoms with Crippen LogP contribution in [0.1, 0.15) is 12.7 Å². The third kappa shape index (κ3) is 3.09. The standard InChI is InChI=1S/C18H16N2O3S/c1-12(10-13-6-5-9-23-13)11-14-17(21)20(18(24)19-14)15-7-3-4-8-16(15)22-2/h3-11H,1-2H3,(H,19,24)/b12-10+,14-11+. The van der Waals surface area contributed by atoms with Crippen LogP contribution in [-0.2, 0) is 4.79 Å². The van der Waals surface area contributed by atoms with Gasteiger partial charge >= 0.3 is 0 Å². The maximum atomic E-state index is 12.7. The quantitative estimate of drug-likeness (QED) is 0.682. The minimum atomic E-state index is -0.225. The average Bonchev–Trinajstić information content (AvgIpc) is 3.16. The van der Waals surface area contributed by atoms with Gasteiger partial charge in [0.15, 0.2) is 5.11 Å². The predicted octanol–water partition coefficient (Wildman–Crippen LogP) is 3.50. The Labute approximate surface area is 145 Å². The Hall–Kier alpha value is -2.86. The van der Waals surface area contributed by atoms with Crippen LogP contribution >= 0.6 is 12.2 Å². The molecule has 1 fully saturated rings. The van der Waals surface area contributed by atoms with Gasteiger partial charge in [-0.2, -0.15) is 0 Å². The molecule has 6 heteroatoms. The van der Waals surface area contributed by atoms with E-state index in [1.54, 1.807) is 31.6 Å². The van der Waals surface area contributed by atoms with E-state index in [1.807, 2.05) is 37.3 Å². The van der Waals surface area contributed by atoms with Gasteiger partial charge in [0.25, 0.3) is 5.91 Å². The number of hydrogen-bond donors (Lipinski definition) is 1. The third-order valence-electron chi connectivity index (χ3n) is 3.49. The fourth-order valence-corrected chi connectivity index (χ4v) is 2.73. The molecule has 1 aliphatic rings. The second-order valence-corrected chi connectivity index (χ2v) is 5.59. The van der Waals surface area contributed by atoms with Crippen LogP contribution in [0, 0.1) is 0 Å². The van der Waals surface area contributed by atoms with Gasteiger partial charge < -0.3 is 14.5 Å². The van der Waals surface area contributed by atoms with Crippen molar-refractivity contribution < 1.29 is 13.9 Å². The minimum Gasteiger partial charge on any atom is -0.495 e. The second kappa shape index (κ2) is 6.72. The Balaban J connectivity index is 1.90. The van der Waals surface area contributed by atoms with Gasteiger partial charge in [0.1, 0.15) is 17.2 Å². The number of ether oxygens (including phenoxy) is 1. The van der Waals surface area contributed by atoms with E-state index in [-0.39, 0.29) is 5.91 Å². The van der Waals surface area contributed by atoms with E-state index in [2.05, 4.69) is 5.32 Å². The highest BCUT2D eigenvalue weighted by atomic mass is 32.1. The first-order valence-electron chi connectivity index (χ1n) is 7.32. The van der Waals surface area contributed by atoms with Crippen molar-refractivity contribution in [1.29, 1.82) is 0 Å². The number of para-hydroxylation sites is 2. The first-order chi connectivity index (χ1) is 11.6. The average molecular weight is 340 g/mol. The monoisotopic (exact) mass is 340 g/mol. The van der Waals surface area contributed by atoms with Crippen LogP contribution in [0.3, 0.4) is 0 Å². The van der Waals surface area contributed by atoms with Gasteiger partial charge in [0, 0.05) is 0 Å².